The number of carboxylic acids is 1. The molecule has 0 rings (SSSR count). The highest BCUT2D eigenvalue weighted by Crippen LogP contribution is 2.21. The fourth-order valence-electron chi connectivity index (χ4n) is 3.00. The van der Waals surface area contributed by atoms with Crippen LogP contribution in [-0.2, 0) is 19.1 Å². The van der Waals surface area contributed by atoms with Crippen molar-refractivity contribution in [3.8, 4) is 0 Å². The number of aliphatic hydroxyl groups excluding tert-OH is 1. The Bertz CT molecular complexity index is 848. The minimum absolute atomic E-state index is 0.0763. The lowest BCUT2D eigenvalue weighted by atomic mass is 9.87. The Morgan fingerprint density at radius 2 is 1.21 bits per heavy atom. The van der Waals surface area contributed by atoms with Gasteiger partial charge in [-0.05, 0) is 44.9 Å². The standard InChI is InChI=1S/C31H47NO6/c1-4-5-6-7-8-9-10-11-12-13-14-15-16-17-18-19-20-21-22-23-28(35)38-26-31(2,3)29(36)30(37)32-25-24-27(33)34/h5-6,8-9,11-12,14-15,17-18,20-21,29,36H,4,7,10,13,16,19,22-26H2,1-3H3,(H,32,37)(H,33,34). The SMILES string of the molecule is CCC=CCC=CCC=CCC=CCC=CCC=CCCC(=O)OCC(C)(C)C(O)C(=O)NCCC(=O)O. The van der Waals surface area contributed by atoms with Crippen molar-refractivity contribution >= 4 is 17.8 Å². The molecular formula is C31H47NO6. The number of esters is 1. The van der Waals surface area contributed by atoms with Gasteiger partial charge >= 0.3 is 11.9 Å². The van der Waals surface area contributed by atoms with Crippen molar-refractivity contribution in [3.63, 3.8) is 0 Å². The first-order valence-corrected chi connectivity index (χ1v) is 13.4. The summed E-state index contributed by atoms with van der Waals surface area (Å²) < 4.78 is 5.22. The summed E-state index contributed by atoms with van der Waals surface area (Å²) in [5.41, 5.74) is -1.00. The predicted octanol–water partition coefficient (Wildman–Crippen LogP) is 5.99. The molecule has 0 heterocycles. The molecule has 7 heteroatoms. The highest BCUT2D eigenvalue weighted by molar-refractivity contribution is 5.81. The molecule has 3 N–H and O–H groups in total. The molecule has 0 fully saturated rings. The van der Waals surface area contributed by atoms with E-state index in [4.69, 9.17) is 9.84 Å². The average Bonchev–Trinajstić information content (AvgIpc) is 2.88. The van der Waals surface area contributed by atoms with Gasteiger partial charge in [0.15, 0.2) is 0 Å². The van der Waals surface area contributed by atoms with E-state index in [2.05, 4.69) is 73.0 Å². The van der Waals surface area contributed by atoms with Crippen molar-refractivity contribution in [3.05, 3.63) is 72.9 Å². The summed E-state index contributed by atoms with van der Waals surface area (Å²) in [6.45, 7) is 5.15. The molecule has 0 bridgehead atoms. The van der Waals surface area contributed by atoms with Crippen LogP contribution in [0.25, 0.3) is 0 Å². The van der Waals surface area contributed by atoms with E-state index >= 15 is 0 Å². The number of carbonyl (C=O) groups excluding carboxylic acids is 2. The van der Waals surface area contributed by atoms with E-state index in [1.807, 2.05) is 12.2 Å². The molecule has 0 aliphatic carbocycles. The number of allylic oxidation sites excluding steroid dienone is 12. The molecule has 0 saturated heterocycles. The zero-order valence-corrected chi connectivity index (χ0v) is 23.3. The van der Waals surface area contributed by atoms with Crippen molar-refractivity contribution in [1.82, 2.24) is 5.32 Å². The van der Waals surface area contributed by atoms with Crippen LogP contribution in [-0.4, -0.2) is 47.3 Å². The number of hydrogen-bond donors (Lipinski definition) is 3. The Kier molecular flexibility index (Phi) is 21.0. The molecule has 0 saturated carbocycles. The first-order valence-electron chi connectivity index (χ1n) is 13.4. The van der Waals surface area contributed by atoms with Crippen molar-refractivity contribution in [2.45, 2.75) is 84.7 Å². The molecule has 1 amide bonds. The van der Waals surface area contributed by atoms with Crippen LogP contribution >= 0.6 is 0 Å². The number of rotatable bonds is 21. The molecule has 1 atom stereocenters. The number of ether oxygens (including phenoxy) is 1. The van der Waals surface area contributed by atoms with Gasteiger partial charge in [0.2, 0.25) is 5.91 Å². The molecule has 0 aliphatic heterocycles. The van der Waals surface area contributed by atoms with Crippen molar-refractivity contribution in [2.75, 3.05) is 13.2 Å². The highest BCUT2D eigenvalue weighted by Gasteiger charge is 2.34. The monoisotopic (exact) mass is 529 g/mol. The average molecular weight is 530 g/mol. The van der Waals surface area contributed by atoms with E-state index < -0.39 is 29.4 Å². The lowest BCUT2D eigenvalue weighted by Crippen LogP contribution is -2.46. The maximum Gasteiger partial charge on any atom is 0.306 e. The van der Waals surface area contributed by atoms with E-state index in [1.165, 1.54) is 0 Å². The van der Waals surface area contributed by atoms with Gasteiger partial charge in [0.1, 0.15) is 6.10 Å². The number of carbonyl (C=O) groups is 3. The van der Waals surface area contributed by atoms with Gasteiger partial charge in [0.05, 0.1) is 13.0 Å². The van der Waals surface area contributed by atoms with Gasteiger partial charge in [-0.15, -0.1) is 0 Å². The Morgan fingerprint density at radius 1 is 0.763 bits per heavy atom. The molecule has 0 aromatic heterocycles. The van der Waals surface area contributed by atoms with Crippen molar-refractivity contribution in [1.29, 1.82) is 0 Å². The zero-order chi connectivity index (χ0) is 28.5. The lowest BCUT2D eigenvalue weighted by Gasteiger charge is -2.28. The molecule has 0 aliphatic rings. The Labute approximate surface area is 228 Å². The van der Waals surface area contributed by atoms with Gasteiger partial charge in [-0.1, -0.05) is 93.7 Å². The molecule has 1 unspecified atom stereocenters. The third-order valence-corrected chi connectivity index (χ3v) is 5.34. The van der Waals surface area contributed by atoms with Crippen LogP contribution in [0.1, 0.15) is 78.6 Å². The van der Waals surface area contributed by atoms with Crippen LogP contribution in [0.4, 0.5) is 0 Å². The van der Waals surface area contributed by atoms with Crippen molar-refractivity contribution in [2.24, 2.45) is 5.41 Å². The number of nitrogens with one attached hydrogen (secondary N) is 1. The minimum Gasteiger partial charge on any atom is -0.481 e. The second-order valence-electron chi connectivity index (χ2n) is 9.44. The lowest BCUT2D eigenvalue weighted by molar-refractivity contribution is -0.153. The predicted molar refractivity (Wildman–Crippen MR) is 153 cm³/mol. The fourth-order valence-corrected chi connectivity index (χ4v) is 3.00. The maximum absolute atomic E-state index is 12.0. The van der Waals surface area contributed by atoms with Crippen LogP contribution in [0.5, 0.6) is 0 Å². The number of hydrogen-bond acceptors (Lipinski definition) is 5. The van der Waals surface area contributed by atoms with Gasteiger partial charge in [-0.3, -0.25) is 14.4 Å². The second-order valence-corrected chi connectivity index (χ2v) is 9.44. The summed E-state index contributed by atoms with van der Waals surface area (Å²) in [5.74, 6) is -2.14. The second kappa shape index (κ2) is 23.0. The Morgan fingerprint density at radius 3 is 1.66 bits per heavy atom. The number of aliphatic hydroxyl groups is 1. The van der Waals surface area contributed by atoms with Crippen molar-refractivity contribution < 1.29 is 29.3 Å². The number of aliphatic carboxylic acids is 1. The quantitative estimate of drug-likeness (QED) is 0.124. The van der Waals surface area contributed by atoms with E-state index in [0.717, 1.165) is 38.5 Å². The highest BCUT2D eigenvalue weighted by atomic mass is 16.5. The maximum atomic E-state index is 12.0. The fraction of sp³-hybridized carbons (Fsp3) is 0.516. The van der Waals surface area contributed by atoms with Crippen LogP contribution in [0, 0.1) is 5.41 Å². The number of carboxylic acid groups (broad SMARTS) is 1. The summed E-state index contributed by atoms with van der Waals surface area (Å²) in [7, 11) is 0. The molecule has 212 valence electrons. The normalized spacial score (nSPS) is 13.6. The number of amides is 1. The molecule has 0 aromatic rings. The van der Waals surface area contributed by atoms with E-state index in [1.54, 1.807) is 13.8 Å². The summed E-state index contributed by atoms with van der Waals surface area (Å²) in [4.78, 5) is 34.4. The van der Waals surface area contributed by atoms with E-state index in [9.17, 15) is 19.5 Å². The molecule has 0 radical (unpaired) electrons. The zero-order valence-electron chi connectivity index (χ0n) is 23.3. The first kappa shape index (κ1) is 34.8. The third-order valence-electron chi connectivity index (χ3n) is 5.34. The van der Waals surface area contributed by atoms with Gasteiger partial charge in [-0.2, -0.15) is 0 Å². The smallest absolute Gasteiger partial charge is 0.306 e. The van der Waals surface area contributed by atoms with Crippen LogP contribution in [0.15, 0.2) is 72.9 Å². The summed E-state index contributed by atoms with van der Waals surface area (Å²) in [6.07, 6.45) is 30.3. The van der Waals surface area contributed by atoms with Gasteiger partial charge in [0.25, 0.3) is 0 Å². The first-order chi connectivity index (χ1) is 18.2. The van der Waals surface area contributed by atoms with Gasteiger partial charge in [0, 0.05) is 18.4 Å². The topological polar surface area (TPSA) is 113 Å². The van der Waals surface area contributed by atoms with Gasteiger partial charge in [-0.25, -0.2) is 0 Å². The third kappa shape index (κ3) is 20.9. The van der Waals surface area contributed by atoms with Crippen LogP contribution < -0.4 is 5.32 Å². The molecule has 7 nitrogen and oxygen atoms in total. The van der Waals surface area contributed by atoms with E-state index in [0.29, 0.717) is 6.42 Å². The Hall–Kier alpha value is -3.19. The summed E-state index contributed by atoms with van der Waals surface area (Å²) >= 11 is 0. The molecule has 0 aromatic carbocycles. The summed E-state index contributed by atoms with van der Waals surface area (Å²) in [6, 6.07) is 0. The van der Waals surface area contributed by atoms with Crippen LogP contribution in [0.3, 0.4) is 0 Å². The van der Waals surface area contributed by atoms with Crippen LogP contribution in [0.2, 0.25) is 0 Å². The molecular weight excluding hydrogens is 482 g/mol. The molecule has 38 heavy (non-hydrogen) atoms. The largest absolute Gasteiger partial charge is 0.481 e. The summed E-state index contributed by atoms with van der Waals surface area (Å²) in [5, 5.41) is 21.2. The van der Waals surface area contributed by atoms with E-state index in [-0.39, 0.29) is 26.0 Å². The van der Waals surface area contributed by atoms with Gasteiger partial charge < -0.3 is 20.3 Å². The Balaban J connectivity index is 3.94. The minimum atomic E-state index is -1.42. The molecule has 0 spiro atoms.